The Balaban J connectivity index is 1.11. The smallest absolute Gasteiger partial charge is 0.339 e. The predicted molar refractivity (Wildman–Crippen MR) is 261 cm³/mol. The summed E-state index contributed by atoms with van der Waals surface area (Å²) >= 11 is 0. The number of aryl methyl sites for hydroxylation is 1. The molecule has 9 aromatic carbocycles. The molecule has 0 bridgehead atoms. The lowest BCUT2D eigenvalue weighted by atomic mass is 10.1. The first-order valence-corrected chi connectivity index (χ1v) is 26.0. The van der Waals surface area contributed by atoms with Gasteiger partial charge in [-0.05, 0) is 109 Å². The minimum absolute atomic E-state index is 0.00144. The van der Waals surface area contributed by atoms with E-state index in [9.17, 15) is 47.3 Å². The number of nitrogens with zero attached hydrogens (tertiary/aromatic N) is 6. The Morgan fingerprint density at radius 3 is 1.23 bits per heavy atom. The van der Waals surface area contributed by atoms with Gasteiger partial charge in [-0.2, -0.15) is 33.7 Å². The van der Waals surface area contributed by atoms with E-state index in [4.69, 9.17) is 9.92 Å². The minimum Gasteiger partial charge on any atom is -0.398 e. The topological polar surface area (TPSA) is 307 Å². The summed E-state index contributed by atoms with van der Waals surface area (Å²) in [6.45, 7) is 1.82. The van der Waals surface area contributed by atoms with Crippen molar-refractivity contribution in [1.82, 2.24) is 0 Å². The molecule has 19 nitrogen and oxygen atoms in total. The van der Waals surface area contributed by atoms with Crippen LogP contribution in [0.1, 0.15) is 5.56 Å². The molecule has 0 saturated carbocycles. The maximum atomic E-state index is 13.3. The SMILES string of the molecule is Cc1ccc(S(=O)(=O)Oc2cccc3cccc(N=Nc4ccc(N=Nc5ccc(N=Nc6ccc(N)c7cc(S(=O)(=O)O)ccc67)c6cc(S(=O)(=O)O)ccc56)c5cc(S(=O)(=O)O)ccc45)c23)cc1. The van der Waals surface area contributed by atoms with Crippen LogP contribution in [0.15, 0.2) is 202 Å². The number of fused-ring (bicyclic) bond motifs is 4. The van der Waals surface area contributed by atoms with Gasteiger partial charge in [-0.25, -0.2) is 0 Å². The number of benzene rings is 9. The van der Waals surface area contributed by atoms with Gasteiger partial charge in [0.05, 0.1) is 54.2 Å². The summed E-state index contributed by atoms with van der Waals surface area (Å²) < 4.78 is 135. The van der Waals surface area contributed by atoms with Crippen molar-refractivity contribution in [1.29, 1.82) is 0 Å². The van der Waals surface area contributed by atoms with Crippen molar-refractivity contribution in [2.45, 2.75) is 26.5 Å². The van der Waals surface area contributed by atoms with Crippen LogP contribution in [0.2, 0.25) is 0 Å². The monoisotopic (exact) mass is 1020 g/mol. The second-order valence-electron chi connectivity index (χ2n) is 15.5. The highest BCUT2D eigenvalue weighted by Gasteiger charge is 2.21. The fraction of sp³-hybridized carbons (Fsp3) is 0.0213. The average Bonchev–Trinajstić information content (AvgIpc) is 3.31. The van der Waals surface area contributed by atoms with E-state index in [1.807, 2.05) is 6.92 Å². The molecule has 0 heterocycles. The second-order valence-corrected chi connectivity index (χ2v) is 21.3. The van der Waals surface area contributed by atoms with E-state index in [0.717, 1.165) is 29.8 Å². The number of nitrogen functional groups attached to an aromatic ring is 1. The summed E-state index contributed by atoms with van der Waals surface area (Å²) in [6.07, 6.45) is 0. The van der Waals surface area contributed by atoms with Gasteiger partial charge < -0.3 is 9.92 Å². The van der Waals surface area contributed by atoms with Crippen molar-refractivity contribution < 1.29 is 51.5 Å². The summed E-state index contributed by atoms with van der Waals surface area (Å²) in [4.78, 5) is -1.39. The van der Waals surface area contributed by atoms with Gasteiger partial charge in [-0.1, -0.05) is 60.2 Å². The maximum absolute atomic E-state index is 13.3. The van der Waals surface area contributed by atoms with E-state index in [0.29, 0.717) is 21.5 Å². The van der Waals surface area contributed by atoms with Gasteiger partial charge in [-0.15, -0.1) is 30.7 Å². The van der Waals surface area contributed by atoms with Crippen LogP contribution in [-0.2, 0) is 40.5 Å². The Labute approximate surface area is 398 Å². The van der Waals surface area contributed by atoms with Crippen molar-refractivity contribution in [3.8, 4) is 5.75 Å². The Bertz CT molecular complexity index is 4220. The van der Waals surface area contributed by atoms with Crippen LogP contribution in [0.25, 0.3) is 43.1 Å². The molecule has 0 spiro atoms. The van der Waals surface area contributed by atoms with E-state index in [1.165, 1.54) is 84.9 Å². The summed E-state index contributed by atoms with van der Waals surface area (Å²) in [7, 11) is -18.3. The molecule has 9 rings (SSSR count). The lowest BCUT2D eigenvalue weighted by molar-refractivity contribution is 0.481. The first-order chi connectivity index (χ1) is 33.1. The largest absolute Gasteiger partial charge is 0.398 e. The molecular formula is C47H33N7O12S4. The van der Waals surface area contributed by atoms with Crippen LogP contribution in [0.4, 0.5) is 39.8 Å². The zero-order chi connectivity index (χ0) is 49.8. The summed E-state index contributed by atoms with van der Waals surface area (Å²) in [5.41, 5.74) is 8.20. The highest BCUT2D eigenvalue weighted by atomic mass is 32.2. The van der Waals surface area contributed by atoms with Crippen LogP contribution in [0.3, 0.4) is 0 Å². The molecule has 0 atom stereocenters. The summed E-state index contributed by atoms with van der Waals surface area (Å²) in [5.74, 6) is -0.00144. The van der Waals surface area contributed by atoms with Crippen molar-refractivity contribution in [2.75, 3.05) is 5.73 Å². The molecule has 0 aliphatic carbocycles. The van der Waals surface area contributed by atoms with E-state index >= 15 is 0 Å². The van der Waals surface area contributed by atoms with E-state index in [2.05, 4.69) is 30.7 Å². The molecule has 0 aromatic heterocycles. The number of hydrogen-bond acceptors (Lipinski definition) is 16. The lowest BCUT2D eigenvalue weighted by Gasteiger charge is -2.11. The maximum Gasteiger partial charge on any atom is 0.339 e. The molecule has 352 valence electrons. The minimum atomic E-state index is -4.73. The highest BCUT2D eigenvalue weighted by Crippen LogP contribution is 2.42. The predicted octanol–water partition coefficient (Wildman–Crippen LogP) is 11.9. The summed E-state index contributed by atoms with van der Waals surface area (Å²) in [6, 6.07) is 36.1. The van der Waals surface area contributed by atoms with E-state index in [-0.39, 0.29) is 72.0 Å². The lowest BCUT2D eigenvalue weighted by Crippen LogP contribution is -2.10. The third-order valence-corrected chi connectivity index (χ3v) is 14.7. The third-order valence-electron chi connectivity index (χ3n) is 10.9. The Hall–Kier alpha value is -7.90. The van der Waals surface area contributed by atoms with Crippen LogP contribution >= 0.6 is 0 Å². The van der Waals surface area contributed by atoms with E-state index < -0.39 is 55.2 Å². The Kier molecular flexibility index (Phi) is 12.1. The van der Waals surface area contributed by atoms with Crippen LogP contribution in [0.5, 0.6) is 5.75 Å². The van der Waals surface area contributed by atoms with Crippen molar-refractivity contribution in [3.05, 3.63) is 157 Å². The fourth-order valence-electron chi connectivity index (χ4n) is 7.48. The van der Waals surface area contributed by atoms with Crippen LogP contribution < -0.4 is 9.92 Å². The highest BCUT2D eigenvalue weighted by molar-refractivity contribution is 7.87. The first kappa shape index (κ1) is 47.2. The molecule has 0 amide bonds. The van der Waals surface area contributed by atoms with Gasteiger partial charge in [0.15, 0.2) is 5.75 Å². The zero-order valence-corrected chi connectivity index (χ0v) is 39.1. The quantitative estimate of drug-likeness (QED) is 0.0383. The number of nitrogens with two attached hydrogens (primary N) is 1. The molecule has 23 heteroatoms. The van der Waals surface area contributed by atoms with Crippen molar-refractivity contribution in [3.63, 3.8) is 0 Å². The normalized spacial score (nSPS) is 12.9. The van der Waals surface area contributed by atoms with Gasteiger partial charge in [0.2, 0.25) is 0 Å². The number of anilines is 1. The van der Waals surface area contributed by atoms with Gasteiger partial charge in [-0.3, -0.25) is 13.7 Å². The van der Waals surface area contributed by atoms with E-state index in [1.54, 1.807) is 42.5 Å². The van der Waals surface area contributed by atoms with Crippen molar-refractivity contribution >= 4 is 123 Å². The number of hydrogen-bond donors (Lipinski definition) is 4. The van der Waals surface area contributed by atoms with Gasteiger partial charge in [0.25, 0.3) is 30.4 Å². The van der Waals surface area contributed by atoms with Gasteiger partial charge >= 0.3 is 10.1 Å². The molecule has 0 unspecified atom stereocenters. The molecule has 0 radical (unpaired) electrons. The molecule has 0 saturated heterocycles. The number of azo groups is 3. The van der Waals surface area contributed by atoms with Crippen LogP contribution in [0, 0.1) is 6.92 Å². The first-order valence-electron chi connectivity index (χ1n) is 20.3. The van der Waals surface area contributed by atoms with Gasteiger partial charge in [0, 0.05) is 38.0 Å². The molecule has 0 fully saturated rings. The molecular weight excluding hydrogens is 983 g/mol. The molecule has 0 aliphatic rings. The summed E-state index contributed by atoms with van der Waals surface area (Å²) in [5, 5.41) is 28.9. The average molecular weight is 1020 g/mol. The fourth-order valence-corrected chi connectivity index (χ4v) is 9.94. The molecule has 0 aliphatic heterocycles. The Morgan fingerprint density at radius 2 is 0.771 bits per heavy atom. The second kappa shape index (κ2) is 17.9. The third kappa shape index (κ3) is 9.57. The van der Waals surface area contributed by atoms with Gasteiger partial charge in [0.1, 0.15) is 4.90 Å². The number of rotatable bonds is 12. The molecule has 70 heavy (non-hydrogen) atoms. The standard InChI is InChI=1S/C47H33N7O12S4/c1-27-8-10-29(11-9-27)70(64,65)66-46-7-3-5-28-4-2-6-45(47(28)46)54-51-42-21-23-44(38-26-32(69(61,62)63)14-17-35(38)42)53-50-41-20-22-43(37-25-31(68(58,59)60)13-16-34(37)41)52-49-40-19-18-39(48)36-24-30(67(55,56)57)12-15-33(36)40/h2-26H,48H2,1H3,(H,55,56,57)(H,58,59,60)(H,61,62,63). The van der Waals surface area contributed by atoms with Crippen molar-refractivity contribution in [2.24, 2.45) is 30.7 Å². The Morgan fingerprint density at radius 1 is 0.400 bits per heavy atom. The zero-order valence-electron chi connectivity index (χ0n) is 35.8. The molecule has 9 aromatic rings. The van der Waals surface area contributed by atoms with Crippen LogP contribution in [-0.4, -0.2) is 47.3 Å². The molecule has 5 N–H and O–H groups in total.